The van der Waals surface area contributed by atoms with E-state index in [2.05, 4.69) is 16.8 Å². The van der Waals surface area contributed by atoms with Gasteiger partial charge in [0, 0.05) is 24.6 Å². The Morgan fingerprint density at radius 2 is 2.10 bits per heavy atom. The van der Waals surface area contributed by atoms with Gasteiger partial charge in [0.05, 0.1) is 6.54 Å². The van der Waals surface area contributed by atoms with Crippen molar-refractivity contribution < 1.29 is 4.39 Å². The molecule has 1 heterocycles. The largest absolute Gasteiger partial charge is 0.370 e. The lowest BCUT2D eigenvalue weighted by molar-refractivity contribution is 0.278. The van der Waals surface area contributed by atoms with Crippen molar-refractivity contribution in [3.8, 4) is 0 Å². The van der Waals surface area contributed by atoms with Gasteiger partial charge in [-0.3, -0.25) is 4.99 Å². The smallest absolute Gasteiger partial charge is 0.191 e. The highest BCUT2D eigenvalue weighted by atomic mass is 32.2. The van der Waals surface area contributed by atoms with Crippen molar-refractivity contribution in [2.24, 2.45) is 16.6 Å². The summed E-state index contributed by atoms with van der Waals surface area (Å²) in [6.45, 7) is 5.00. The standard InChI is InChI=1S/C16H24FN3S/c1-13-6-9-20(10-7-13)16(18)19-8-11-21-12-14-4-2-3-5-15(14)17/h2-5,13H,6-12H2,1H3,(H2,18,19). The zero-order valence-corrected chi connectivity index (χ0v) is 13.4. The Hall–Kier alpha value is -1.23. The van der Waals surface area contributed by atoms with Crippen LogP contribution < -0.4 is 5.73 Å². The normalized spacial score (nSPS) is 17.2. The Morgan fingerprint density at radius 3 is 2.81 bits per heavy atom. The molecular formula is C16H24FN3S. The molecule has 0 amide bonds. The molecule has 1 aliphatic rings. The minimum absolute atomic E-state index is 0.129. The van der Waals surface area contributed by atoms with Crippen molar-refractivity contribution in [1.82, 2.24) is 4.90 Å². The van der Waals surface area contributed by atoms with Gasteiger partial charge in [-0.1, -0.05) is 25.1 Å². The van der Waals surface area contributed by atoms with E-state index in [1.54, 1.807) is 17.8 Å². The quantitative estimate of drug-likeness (QED) is 0.516. The fraction of sp³-hybridized carbons (Fsp3) is 0.562. The highest BCUT2D eigenvalue weighted by Crippen LogP contribution is 2.16. The minimum atomic E-state index is -0.129. The highest BCUT2D eigenvalue weighted by molar-refractivity contribution is 7.98. The monoisotopic (exact) mass is 309 g/mol. The van der Waals surface area contributed by atoms with Gasteiger partial charge in [0.15, 0.2) is 5.96 Å². The second-order valence-electron chi connectivity index (χ2n) is 5.55. The molecule has 1 saturated heterocycles. The SMILES string of the molecule is CC1CCN(C(N)=NCCSCc2ccccc2F)CC1. The molecule has 0 spiro atoms. The number of likely N-dealkylation sites (tertiary alicyclic amines) is 1. The summed E-state index contributed by atoms with van der Waals surface area (Å²) in [7, 11) is 0. The number of aliphatic imine (C=N–C) groups is 1. The summed E-state index contributed by atoms with van der Waals surface area (Å²) < 4.78 is 13.4. The average Bonchev–Trinajstić information content (AvgIpc) is 2.49. The summed E-state index contributed by atoms with van der Waals surface area (Å²) in [5.74, 6) is 2.87. The van der Waals surface area contributed by atoms with Crippen molar-refractivity contribution in [1.29, 1.82) is 0 Å². The van der Waals surface area contributed by atoms with Gasteiger partial charge in [-0.2, -0.15) is 11.8 Å². The molecule has 1 aromatic rings. The maximum absolute atomic E-state index is 13.4. The lowest BCUT2D eigenvalue weighted by Gasteiger charge is -2.31. The fourth-order valence-electron chi connectivity index (χ4n) is 2.36. The lowest BCUT2D eigenvalue weighted by Crippen LogP contribution is -2.42. The molecule has 0 bridgehead atoms. The van der Waals surface area contributed by atoms with Gasteiger partial charge in [0.2, 0.25) is 0 Å². The molecule has 0 aromatic heterocycles. The minimum Gasteiger partial charge on any atom is -0.370 e. The first kappa shape index (κ1) is 16.1. The number of rotatable bonds is 5. The van der Waals surface area contributed by atoms with Crippen LogP contribution in [0.4, 0.5) is 4.39 Å². The van der Waals surface area contributed by atoms with Crippen LogP contribution >= 0.6 is 11.8 Å². The van der Waals surface area contributed by atoms with Crippen LogP contribution in [-0.4, -0.2) is 36.2 Å². The molecule has 116 valence electrons. The predicted molar refractivity (Wildman–Crippen MR) is 89.0 cm³/mol. The van der Waals surface area contributed by atoms with Crippen molar-refractivity contribution in [2.45, 2.75) is 25.5 Å². The lowest BCUT2D eigenvalue weighted by atomic mass is 10.00. The number of guanidine groups is 1. The molecule has 21 heavy (non-hydrogen) atoms. The first-order valence-corrected chi connectivity index (χ1v) is 8.68. The first-order valence-electron chi connectivity index (χ1n) is 7.53. The molecule has 2 rings (SSSR count). The van der Waals surface area contributed by atoms with E-state index in [4.69, 9.17) is 5.73 Å². The van der Waals surface area contributed by atoms with Crippen LogP contribution in [0.1, 0.15) is 25.3 Å². The first-order chi connectivity index (χ1) is 10.2. The van der Waals surface area contributed by atoms with E-state index in [0.717, 1.165) is 30.3 Å². The second-order valence-corrected chi connectivity index (χ2v) is 6.66. The molecule has 0 unspecified atom stereocenters. The number of piperidine rings is 1. The van der Waals surface area contributed by atoms with E-state index >= 15 is 0 Å². The molecule has 1 aromatic carbocycles. The third-order valence-electron chi connectivity index (χ3n) is 3.83. The Bertz CT molecular complexity index is 470. The molecule has 0 aliphatic carbocycles. The highest BCUT2D eigenvalue weighted by Gasteiger charge is 2.16. The average molecular weight is 309 g/mol. The van der Waals surface area contributed by atoms with Crippen LogP contribution in [0.25, 0.3) is 0 Å². The second kappa shape index (κ2) is 8.27. The van der Waals surface area contributed by atoms with Crippen molar-refractivity contribution in [3.05, 3.63) is 35.6 Å². The number of benzene rings is 1. The van der Waals surface area contributed by atoms with E-state index in [0.29, 0.717) is 18.3 Å². The van der Waals surface area contributed by atoms with Gasteiger partial charge in [-0.05, 0) is 30.4 Å². The maximum atomic E-state index is 13.4. The van der Waals surface area contributed by atoms with Crippen LogP contribution in [0, 0.1) is 11.7 Å². The Balaban J connectivity index is 1.67. The number of hydrogen-bond donors (Lipinski definition) is 1. The van der Waals surface area contributed by atoms with Gasteiger partial charge in [0.1, 0.15) is 5.82 Å². The Labute approximate surface area is 130 Å². The third-order valence-corrected chi connectivity index (χ3v) is 4.82. The number of nitrogens with two attached hydrogens (primary N) is 1. The summed E-state index contributed by atoms with van der Waals surface area (Å²) in [5.41, 5.74) is 6.77. The van der Waals surface area contributed by atoms with Crippen molar-refractivity contribution in [3.63, 3.8) is 0 Å². The molecule has 0 radical (unpaired) electrons. The van der Waals surface area contributed by atoms with Gasteiger partial charge in [-0.25, -0.2) is 4.39 Å². The molecule has 0 saturated carbocycles. The van der Waals surface area contributed by atoms with Crippen molar-refractivity contribution >= 4 is 17.7 Å². The van der Waals surface area contributed by atoms with Crippen LogP contribution in [-0.2, 0) is 5.75 Å². The summed E-state index contributed by atoms with van der Waals surface area (Å²) in [4.78, 5) is 6.60. The van der Waals surface area contributed by atoms with E-state index in [1.165, 1.54) is 18.9 Å². The van der Waals surface area contributed by atoms with Crippen LogP contribution in [0.15, 0.2) is 29.3 Å². The van der Waals surface area contributed by atoms with Gasteiger partial charge >= 0.3 is 0 Å². The zero-order chi connectivity index (χ0) is 15.1. The Morgan fingerprint density at radius 1 is 1.38 bits per heavy atom. The van der Waals surface area contributed by atoms with E-state index in [-0.39, 0.29) is 5.82 Å². The molecule has 5 heteroatoms. The number of nitrogens with zero attached hydrogens (tertiary/aromatic N) is 2. The van der Waals surface area contributed by atoms with E-state index in [9.17, 15) is 4.39 Å². The third kappa shape index (κ3) is 5.23. The Kier molecular flexibility index (Phi) is 6.36. The van der Waals surface area contributed by atoms with Gasteiger partial charge < -0.3 is 10.6 Å². The molecule has 1 fully saturated rings. The summed E-state index contributed by atoms with van der Waals surface area (Å²) >= 11 is 1.69. The summed E-state index contributed by atoms with van der Waals surface area (Å²) in [6.07, 6.45) is 2.39. The van der Waals surface area contributed by atoms with Crippen molar-refractivity contribution in [2.75, 3.05) is 25.4 Å². The molecule has 1 aliphatic heterocycles. The zero-order valence-electron chi connectivity index (χ0n) is 12.6. The van der Waals surface area contributed by atoms with Gasteiger partial charge in [0.25, 0.3) is 0 Å². The fourth-order valence-corrected chi connectivity index (χ4v) is 3.18. The number of thioether (sulfide) groups is 1. The molecular weight excluding hydrogens is 285 g/mol. The molecule has 3 nitrogen and oxygen atoms in total. The van der Waals surface area contributed by atoms with Gasteiger partial charge in [-0.15, -0.1) is 0 Å². The topological polar surface area (TPSA) is 41.6 Å². The van der Waals surface area contributed by atoms with Crippen LogP contribution in [0.3, 0.4) is 0 Å². The van der Waals surface area contributed by atoms with Crippen LogP contribution in [0.5, 0.6) is 0 Å². The van der Waals surface area contributed by atoms with E-state index in [1.807, 2.05) is 12.1 Å². The summed E-state index contributed by atoms with van der Waals surface area (Å²) in [5, 5.41) is 0. The number of hydrogen-bond acceptors (Lipinski definition) is 2. The molecule has 2 N–H and O–H groups in total. The molecule has 0 atom stereocenters. The number of halogens is 1. The maximum Gasteiger partial charge on any atom is 0.191 e. The summed E-state index contributed by atoms with van der Waals surface area (Å²) in [6, 6.07) is 6.92. The predicted octanol–water partition coefficient (Wildman–Crippen LogP) is 3.11. The van der Waals surface area contributed by atoms with E-state index < -0.39 is 0 Å². The van der Waals surface area contributed by atoms with Crippen LogP contribution in [0.2, 0.25) is 0 Å².